The van der Waals surface area contributed by atoms with E-state index in [0.29, 0.717) is 13.2 Å². The second-order valence-corrected chi connectivity index (χ2v) is 8.62. The molecule has 0 unspecified atom stereocenters. The number of ether oxygens (including phenoxy) is 1. The number of carbonyl (C=O) groups excluding carboxylic acids is 1. The van der Waals surface area contributed by atoms with Gasteiger partial charge in [-0.25, -0.2) is 12.7 Å². The molecule has 2 aromatic rings. The molecule has 0 bridgehead atoms. The summed E-state index contributed by atoms with van der Waals surface area (Å²) in [5.41, 5.74) is 0.882. The van der Waals surface area contributed by atoms with Crippen molar-refractivity contribution < 1.29 is 17.9 Å². The minimum atomic E-state index is -3.34. The number of nitrogens with one attached hydrogen (secondary N) is 1. The number of nitrogens with zero attached hydrogens (tertiary/aromatic N) is 3. The number of carbonyl (C=O) groups is 1. The number of fused-ring (bicyclic) bond motifs is 1. The Labute approximate surface area is 146 Å². The van der Waals surface area contributed by atoms with Crippen molar-refractivity contribution >= 4 is 26.8 Å². The molecular weight excluding hydrogens is 344 g/mol. The van der Waals surface area contributed by atoms with Gasteiger partial charge in [0.1, 0.15) is 6.54 Å². The lowest BCUT2D eigenvalue weighted by Gasteiger charge is -2.21. The van der Waals surface area contributed by atoms with Crippen LogP contribution in [0.4, 0.5) is 0 Å². The van der Waals surface area contributed by atoms with E-state index >= 15 is 0 Å². The van der Waals surface area contributed by atoms with Gasteiger partial charge in [0.05, 0.1) is 36.7 Å². The fourth-order valence-electron chi connectivity index (χ4n) is 2.88. The molecule has 3 rings (SSSR count). The van der Waals surface area contributed by atoms with Gasteiger partial charge in [-0.05, 0) is 6.07 Å². The number of para-hydroxylation sites is 1. The smallest absolute Gasteiger partial charge is 0.242 e. The van der Waals surface area contributed by atoms with Gasteiger partial charge in [0.25, 0.3) is 0 Å². The SMILES string of the molecule is CN(C)S(=O)(=O)C[C@@H]1COC[C@H]1NC(=O)Cn1ncc2ccccc21. The maximum atomic E-state index is 12.4. The van der Waals surface area contributed by atoms with E-state index in [0.717, 1.165) is 10.9 Å². The molecule has 1 aromatic carbocycles. The predicted molar refractivity (Wildman–Crippen MR) is 93.4 cm³/mol. The molecule has 1 aromatic heterocycles. The van der Waals surface area contributed by atoms with Crippen LogP contribution in [-0.2, 0) is 26.1 Å². The summed E-state index contributed by atoms with van der Waals surface area (Å²) < 4.78 is 32.3. The normalized spacial score (nSPS) is 21.1. The van der Waals surface area contributed by atoms with E-state index in [1.165, 1.54) is 18.4 Å². The van der Waals surface area contributed by atoms with E-state index in [-0.39, 0.29) is 30.2 Å². The van der Waals surface area contributed by atoms with Gasteiger partial charge in [-0.2, -0.15) is 5.10 Å². The van der Waals surface area contributed by atoms with E-state index in [4.69, 9.17) is 4.74 Å². The topological polar surface area (TPSA) is 93.5 Å². The number of sulfonamides is 1. The van der Waals surface area contributed by atoms with Crippen molar-refractivity contribution in [3.63, 3.8) is 0 Å². The van der Waals surface area contributed by atoms with Gasteiger partial charge in [-0.15, -0.1) is 0 Å². The molecule has 1 N–H and O–H groups in total. The second-order valence-electron chi connectivity index (χ2n) is 6.39. The lowest BCUT2D eigenvalue weighted by Crippen LogP contribution is -2.44. The lowest BCUT2D eigenvalue weighted by molar-refractivity contribution is -0.122. The molecule has 1 fully saturated rings. The average Bonchev–Trinajstić information content (AvgIpc) is 3.15. The molecule has 1 saturated heterocycles. The lowest BCUT2D eigenvalue weighted by atomic mass is 10.1. The van der Waals surface area contributed by atoms with Crippen LogP contribution in [0.5, 0.6) is 0 Å². The molecule has 2 atom stereocenters. The van der Waals surface area contributed by atoms with Crippen LogP contribution < -0.4 is 5.32 Å². The number of hydrogen-bond acceptors (Lipinski definition) is 5. The first-order chi connectivity index (χ1) is 11.9. The van der Waals surface area contributed by atoms with Crippen molar-refractivity contribution in [1.29, 1.82) is 0 Å². The van der Waals surface area contributed by atoms with Crippen molar-refractivity contribution in [2.24, 2.45) is 5.92 Å². The molecule has 9 heteroatoms. The van der Waals surface area contributed by atoms with Crippen molar-refractivity contribution in [2.75, 3.05) is 33.1 Å². The van der Waals surface area contributed by atoms with Gasteiger partial charge in [0, 0.05) is 25.4 Å². The second kappa shape index (κ2) is 7.11. The van der Waals surface area contributed by atoms with Crippen LogP contribution in [0.2, 0.25) is 0 Å². The highest BCUT2D eigenvalue weighted by atomic mass is 32.2. The fourth-order valence-corrected chi connectivity index (χ4v) is 4.05. The molecule has 1 amide bonds. The summed E-state index contributed by atoms with van der Waals surface area (Å²) in [4.78, 5) is 12.4. The van der Waals surface area contributed by atoms with E-state index in [1.54, 1.807) is 10.9 Å². The summed E-state index contributed by atoms with van der Waals surface area (Å²) in [5, 5.41) is 8.09. The zero-order chi connectivity index (χ0) is 18.0. The molecule has 136 valence electrons. The third kappa shape index (κ3) is 4.00. The Balaban J connectivity index is 1.64. The summed E-state index contributed by atoms with van der Waals surface area (Å²) in [7, 11) is -0.342. The molecular formula is C16H22N4O4S. The highest BCUT2D eigenvalue weighted by Crippen LogP contribution is 2.18. The standard InChI is InChI=1S/C16H22N4O4S/c1-19(2)25(22,23)11-13-9-24-10-14(13)18-16(21)8-20-15-6-4-3-5-12(15)7-17-20/h3-7,13-14H,8-11H2,1-2H3,(H,18,21)/t13-,14+/m0/s1. The maximum Gasteiger partial charge on any atom is 0.242 e. The first kappa shape index (κ1) is 17.8. The first-order valence-corrected chi connectivity index (χ1v) is 9.65. The van der Waals surface area contributed by atoms with Crippen LogP contribution in [0, 0.1) is 5.92 Å². The van der Waals surface area contributed by atoms with Crippen LogP contribution in [0.3, 0.4) is 0 Å². The summed E-state index contributed by atoms with van der Waals surface area (Å²) in [5.74, 6) is -0.516. The first-order valence-electron chi connectivity index (χ1n) is 8.04. The van der Waals surface area contributed by atoms with Gasteiger partial charge >= 0.3 is 0 Å². The molecule has 0 radical (unpaired) electrons. The summed E-state index contributed by atoms with van der Waals surface area (Å²) in [6.45, 7) is 0.721. The predicted octanol–water partition coefficient (Wildman–Crippen LogP) is 0.0589. The van der Waals surface area contributed by atoms with Crippen molar-refractivity contribution in [3.8, 4) is 0 Å². The Kier molecular flexibility index (Phi) is 5.07. The Morgan fingerprint density at radius 2 is 2.12 bits per heavy atom. The van der Waals surface area contributed by atoms with Crippen LogP contribution in [0.15, 0.2) is 30.5 Å². The molecule has 0 spiro atoms. The van der Waals surface area contributed by atoms with Gasteiger partial charge in [-0.3, -0.25) is 9.48 Å². The number of benzene rings is 1. The van der Waals surface area contributed by atoms with E-state index in [2.05, 4.69) is 10.4 Å². The van der Waals surface area contributed by atoms with E-state index in [1.807, 2.05) is 24.3 Å². The van der Waals surface area contributed by atoms with Gasteiger partial charge in [-0.1, -0.05) is 18.2 Å². The highest BCUT2D eigenvalue weighted by molar-refractivity contribution is 7.89. The van der Waals surface area contributed by atoms with Crippen molar-refractivity contribution in [1.82, 2.24) is 19.4 Å². The molecule has 1 aliphatic heterocycles. The monoisotopic (exact) mass is 366 g/mol. The Morgan fingerprint density at radius 1 is 1.36 bits per heavy atom. The third-order valence-corrected chi connectivity index (χ3v) is 6.33. The number of rotatable bonds is 6. The van der Waals surface area contributed by atoms with Gasteiger partial charge in [0.2, 0.25) is 15.9 Å². The van der Waals surface area contributed by atoms with Crippen LogP contribution in [0.1, 0.15) is 0 Å². The minimum Gasteiger partial charge on any atom is -0.379 e. The quantitative estimate of drug-likeness (QED) is 0.780. The summed E-state index contributed by atoms with van der Waals surface area (Å²) in [6.07, 6.45) is 1.72. The average molecular weight is 366 g/mol. The number of aromatic nitrogens is 2. The van der Waals surface area contributed by atoms with Gasteiger partial charge < -0.3 is 10.1 Å². The van der Waals surface area contributed by atoms with E-state index < -0.39 is 10.0 Å². The van der Waals surface area contributed by atoms with Crippen LogP contribution in [-0.4, -0.2) is 67.5 Å². The van der Waals surface area contributed by atoms with E-state index in [9.17, 15) is 13.2 Å². The molecule has 1 aliphatic rings. The maximum absolute atomic E-state index is 12.4. The molecule has 25 heavy (non-hydrogen) atoms. The molecule has 0 aliphatic carbocycles. The van der Waals surface area contributed by atoms with Crippen molar-refractivity contribution in [2.45, 2.75) is 12.6 Å². The zero-order valence-electron chi connectivity index (χ0n) is 14.3. The zero-order valence-corrected chi connectivity index (χ0v) is 15.1. The molecule has 8 nitrogen and oxygen atoms in total. The number of hydrogen-bond donors (Lipinski definition) is 1. The highest BCUT2D eigenvalue weighted by Gasteiger charge is 2.34. The van der Waals surface area contributed by atoms with Crippen LogP contribution in [0.25, 0.3) is 10.9 Å². The Morgan fingerprint density at radius 3 is 2.88 bits per heavy atom. The largest absolute Gasteiger partial charge is 0.379 e. The van der Waals surface area contributed by atoms with Crippen LogP contribution >= 0.6 is 0 Å². The third-order valence-electron chi connectivity index (χ3n) is 4.37. The minimum absolute atomic E-state index is 0.0460. The number of amides is 1. The van der Waals surface area contributed by atoms with Gasteiger partial charge in [0.15, 0.2) is 0 Å². The fraction of sp³-hybridized carbons (Fsp3) is 0.500. The Hall–Kier alpha value is -1.97. The summed E-state index contributed by atoms with van der Waals surface area (Å²) >= 11 is 0. The molecule has 2 heterocycles. The summed E-state index contributed by atoms with van der Waals surface area (Å²) in [6, 6.07) is 7.33. The van der Waals surface area contributed by atoms with Crippen molar-refractivity contribution in [3.05, 3.63) is 30.5 Å². The molecule has 0 saturated carbocycles. The Bertz CT molecular complexity index is 862.